The quantitative estimate of drug-likeness (QED) is 0.483. The average Bonchev–Trinajstić information content (AvgIpc) is 2.92. The van der Waals surface area contributed by atoms with E-state index in [4.69, 9.17) is 0 Å². The van der Waals surface area contributed by atoms with Crippen LogP contribution in [0.1, 0.15) is 18.2 Å². The Balaban J connectivity index is 2.45. The molecule has 0 aliphatic rings. The van der Waals surface area contributed by atoms with E-state index in [1.165, 1.54) is 12.1 Å². The number of rotatable bonds is 4. The molecule has 2 rings (SSSR count). The maximum absolute atomic E-state index is 10.8. The predicted octanol–water partition coefficient (Wildman–Crippen LogP) is 3.48. The van der Waals surface area contributed by atoms with Crippen molar-refractivity contribution in [1.82, 2.24) is 4.57 Å². The van der Waals surface area contributed by atoms with Crippen molar-refractivity contribution in [2.24, 2.45) is 0 Å². The van der Waals surface area contributed by atoms with Crippen molar-refractivity contribution in [3.63, 3.8) is 0 Å². The van der Waals surface area contributed by atoms with Gasteiger partial charge < -0.3 is 4.57 Å². The molecule has 0 saturated heterocycles. The summed E-state index contributed by atoms with van der Waals surface area (Å²) < 4.78 is 1.99. The lowest BCUT2D eigenvalue weighted by Gasteiger charge is -2.03. The van der Waals surface area contributed by atoms with Crippen molar-refractivity contribution in [3.8, 4) is 6.07 Å². The summed E-state index contributed by atoms with van der Waals surface area (Å²) in [7, 11) is 0. The second-order valence-electron chi connectivity index (χ2n) is 4.20. The van der Waals surface area contributed by atoms with Gasteiger partial charge in [-0.25, -0.2) is 0 Å². The Kier molecular flexibility index (Phi) is 3.96. The average molecular weight is 267 g/mol. The summed E-state index contributed by atoms with van der Waals surface area (Å²) in [6.07, 6.45) is 3.66. The molecule has 1 aromatic carbocycles. The second kappa shape index (κ2) is 5.85. The zero-order valence-corrected chi connectivity index (χ0v) is 11.0. The molecule has 0 fully saturated rings. The first-order chi connectivity index (χ1) is 9.65. The van der Waals surface area contributed by atoms with E-state index in [-0.39, 0.29) is 5.69 Å². The normalized spacial score (nSPS) is 11.1. The zero-order chi connectivity index (χ0) is 14.5. The topological polar surface area (TPSA) is 71.9 Å². The summed E-state index contributed by atoms with van der Waals surface area (Å²) >= 11 is 0. The molecule has 1 heterocycles. The zero-order valence-electron chi connectivity index (χ0n) is 11.0. The van der Waals surface area contributed by atoms with Gasteiger partial charge in [0.15, 0.2) is 0 Å². The lowest BCUT2D eigenvalue weighted by atomic mass is 10.1. The van der Waals surface area contributed by atoms with Gasteiger partial charge in [0.05, 0.1) is 16.6 Å². The molecule has 0 atom stereocenters. The summed E-state index contributed by atoms with van der Waals surface area (Å²) in [4.78, 5) is 10.3. The molecule has 0 amide bonds. The highest BCUT2D eigenvalue weighted by Crippen LogP contribution is 2.22. The summed E-state index contributed by atoms with van der Waals surface area (Å²) in [5.74, 6) is 0. The standard InChI is InChI=1S/C15H13N3O2/c1-2-17-8-4-7-14(17)10-13(11-16)12-5-3-6-15(9-12)18(19)20/h3-10H,2H2,1H3. The van der Waals surface area contributed by atoms with Gasteiger partial charge in [-0.15, -0.1) is 0 Å². The first-order valence-corrected chi connectivity index (χ1v) is 6.17. The van der Waals surface area contributed by atoms with Gasteiger partial charge in [-0.3, -0.25) is 10.1 Å². The maximum Gasteiger partial charge on any atom is 0.270 e. The summed E-state index contributed by atoms with van der Waals surface area (Å²) in [5, 5.41) is 20.1. The number of hydrogen-bond acceptors (Lipinski definition) is 3. The first-order valence-electron chi connectivity index (χ1n) is 6.17. The van der Waals surface area contributed by atoms with Crippen LogP contribution < -0.4 is 0 Å². The third-order valence-corrected chi connectivity index (χ3v) is 2.99. The number of benzene rings is 1. The van der Waals surface area contributed by atoms with Crippen molar-refractivity contribution in [3.05, 3.63) is 64.0 Å². The van der Waals surface area contributed by atoms with E-state index < -0.39 is 4.92 Å². The van der Waals surface area contributed by atoms with E-state index in [9.17, 15) is 15.4 Å². The van der Waals surface area contributed by atoms with Crippen molar-refractivity contribution in [1.29, 1.82) is 5.26 Å². The smallest absolute Gasteiger partial charge is 0.270 e. The van der Waals surface area contributed by atoms with E-state index in [1.54, 1.807) is 18.2 Å². The van der Waals surface area contributed by atoms with Crippen LogP contribution in [0.5, 0.6) is 0 Å². The third kappa shape index (κ3) is 2.75. The SMILES string of the molecule is CCn1cccc1C=C(C#N)c1cccc([N+](=O)[O-])c1. The molecule has 5 heteroatoms. The molecule has 5 nitrogen and oxygen atoms in total. The van der Waals surface area contributed by atoms with Gasteiger partial charge in [0.25, 0.3) is 5.69 Å². The number of nitriles is 1. The van der Waals surface area contributed by atoms with Crippen LogP contribution in [-0.4, -0.2) is 9.49 Å². The van der Waals surface area contributed by atoms with Gasteiger partial charge in [-0.1, -0.05) is 12.1 Å². The monoisotopic (exact) mass is 267 g/mol. The molecule has 0 aliphatic carbocycles. The number of hydrogen-bond donors (Lipinski definition) is 0. The summed E-state index contributed by atoms with van der Waals surface area (Å²) in [6.45, 7) is 2.81. The van der Waals surface area contributed by atoms with E-state index >= 15 is 0 Å². The molecule has 0 radical (unpaired) electrons. The summed E-state index contributed by atoms with van der Waals surface area (Å²) in [5.41, 5.74) is 1.83. The molecule has 0 spiro atoms. The third-order valence-electron chi connectivity index (χ3n) is 2.99. The predicted molar refractivity (Wildman–Crippen MR) is 76.7 cm³/mol. The summed E-state index contributed by atoms with van der Waals surface area (Å²) in [6, 6.07) is 12.0. The maximum atomic E-state index is 10.8. The molecule has 20 heavy (non-hydrogen) atoms. The van der Waals surface area contributed by atoms with Crippen molar-refractivity contribution >= 4 is 17.3 Å². The minimum atomic E-state index is -0.465. The molecule has 0 aliphatic heterocycles. The second-order valence-corrected chi connectivity index (χ2v) is 4.20. The van der Waals surface area contributed by atoms with Crippen molar-refractivity contribution in [2.45, 2.75) is 13.5 Å². The molecule has 0 bridgehead atoms. The molecule has 100 valence electrons. The van der Waals surface area contributed by atoms with Crippen LogP contribution in [0, 0.1) is 21.4 Å². The fourth-order valence-electron chi connectivity index (χ4n) is 1.96. The Bertz CT molecular complexity index is 708. The van der Waals surface area contributed by atoms with Crippen LogP contribution in [0.15, 0.2) is 42.6 Å². The Morgan fingerprint density at radius 2 is 2.25 bits per heavy atom. The Hall–Kier alpha value is -2.87. The van der Waals surface area contributed by atoms with E-state index in [2.05, 4.69) is 6.07 Å². The van der Waals surface area contributed by atoms with Gasteiger partial charge >= 0.3 is 0 Å². The van der Waals surface area contributed by atoms with Gasteiger partial charge in [-0.05, 0) is 30.7 Å². The van der Waals surface area contributed by atoms with Crippen LogP contribution in [0.3, 0.4) is 0 Å². The minimum absolute atomic E-state index is 0.0190. The fraction of sp³-hybridized carbons (Fsp3) is 0.133. The highest BCUT2D eigenvalue weighted by molar-refractivity contribution is 5.89. The Morgan fingerprint density at radius 1 is 1.45 bits per heavy atom. The van der Waals surface area contributed by atoms with Crippen molar-refractivity contribution < 1.29 is 4.92 Å². The number of non-ortho nitro benzene ring substituents is 1. The largest absolute Gasteiger partial charge is 0.348 e. The van der Waals surface area contributed by atoms with Gasteiger partial charge in [0.1, 0.15) is 0 Å². The van der Waals surface area contributed by atoms with Gasteiger partial charge in [0.2, 0.25) is 0 Å². The number of nitro groups is 1. The molecule has 2 aromatic rings. The number of nitrogens with zero attached hydrogens (tertiary/aromatic N) is 3. The van der Waals surface area contributed by atoms with E-state index in [1.807, 2.05) is 29.8 Å². The van der Waals surface area contributed by atoms with Crippen LogP contribution in [-0.2, 0) is 6.54 Å². The van der Waals surface area contributed by atoms with E-state index in [0.29, 0.717) is 11.1 Å². The molecule has 0 saturated carbocycles. The van der Waals surface area contributed by atoms with Crippen molar-refractivity contribution in [2.75, 3.05) is 0 Å². The van der Waals surface area contributed by atoms with Gasteiger partial charge in [0, 0.05) is 30.6 Å². The Morgan fingerprint density at radius 3 is 2.90 bits per heavy atom. The molecule has 0 N–H and O–H groups in total. The van der Waals surface area contributed by atoms with Gasteiger partial charge in [-0.2, -0.15) is 5.26 Å². The fourth-order valence-corrected chi connectivity index (χ4v) is 1.96. The van der Waals surface area contributed by atoms with Crippen LogP contribution in [0.4, 0.5) is 5.69 Å². The van der Waals surface area contributed by atoms with E-state index in [0.717, 1.165) is 12.2 Å². The van der Waals surface area contributed by atoms with Crippen LogP contribution in [0.25, 0.3) is 11.6 Å². The Labute approximate surface area is 116 Å². The number of nitro benzene ring substituents is 1. The lowest BCUT2D eigenvalue weighted by Crippen LogP contribution is -1.95. The van der Waals surface area contributed by atoms with Crippen LogP contribution >= 0.6 is 0 Å². The number of aryl methyl sites for hydroxylation is 1. The number of aromatic nitrogens is 1. The molecule has 0 unspecified atom stereocenters. The molecular weight excluding hydrogens is 254 g/mol. The molecule has 1 aromatic heterocycles. The van der Waals surface area contributed by atoms with Crippen LogP contribution in [0.2, 0.25) is 0 Å². The minimum Gasteiger partial charge on any atom is -0.348 e. The highest BCUT2D eigenvalue weighted by Gasteiger charge is 2.09. The first kappa shape index (κ1) is 13.6. The highest BCUT2D eigenvalue weighted by atomic mass is 16.6. The number of allylic oxidation sites excluding steroid dienone is 1. The molecular formula is C15H13N3O2. The lowest BCUT2D eigenvalue weighted by molar-refractivity contribution is -0.384.